The molecule has 11 heteroatoms. The van der Waals surface area contributed by atoms with Gasteiger partial charge >= 0.3 is 6.18 Å². The zero-order chi connectivity index (χ0) is 30.2. The van der Waals surface area contributed by atoms with Crippen LogP contribution in [0.4, 0.5) is 13.2 Å². The van der Waals surface area contributed by atoms with Crippen LogP contribution in [-0.2, 0) is 23.9 Å². The van der Waals surface area contributed by atoms with Crippen molar-refractivity contribution in [3.8, 4) is 11.4 Å². The van der Waals surface area contributed by atoms with E-state index in [9.17, 15) is 22.8 Å². The van der Waals surface area contributed by atoms with E-state index in [1.54, 1.807) is 21.2 Å². The lowest BCUT2D eigenvalue weighted by atomic mass is 10.0. The molecule has 0 radical (unpaired) electrons. The highest BCUT2D eigenvalue weighted by atomic mass is 32.2. The minimum atomic E-state index is -4.35. The van der Waals surface area contributed by atoms with Gasteiger partial charge in [0.1, 0.15) is 5.75 Å². The van der Waals surface area contributed by atoms with Gasteiger partial charge in [-0.1, -0.05) is 36.4 Å². The van der Waals surface area contributed by atoms with Gasteiger partial charge in [-0.2, -0.15) is 13.2 Å². The fourth-order valence-electron chi connectivity index (χ4n) is 5.13. The zero-order valence-corrected chi connectivity index (χ0v) is 24.9. The van der Waals surface area contributed by atoms with Crippen LogP contribution in [0.5, 0.6) is 5.75 Å². The van der Waals surface area contributed by atoms with Gasteiger partial charge < -0.3 is 15.0 Å². The first-order valence-corrected chi connectivity index (χ1v) is 15.8. The Balaban J connectivity index is 1.04. The lowest BCUT2D eigenvalue weighted by molar-refractivity contribution is -0.137. The summed E-state index contributed by atoms with van der Waals surface area (Å²) in [7, 11) is 0. The predicted molar refractivity (Wildman–Crippen MR) is 161 cm³/mol. The minimum Gasteiger partial charge on any atom is -0.494 e. The van der Waals surface area contributed by atoms with Crippen molar-refractivity contribution in [3.05, 3.63) is 81.8 Å². The molecule has 0 spiro atoms. The van der Waals surface area contributed by atoms with Gasteiger partial charge in [0.05, 0.1) is 35.7 Å². The fraction of sp³-hybridized carbons (Fsp3) is 0.469. The number of carbonyl (C=O) groups is 1. The summed E-state index contributed by atoms with van der Waals surface area (Å²) in [6, 6.07) is 14.3. The molecule has 230 valence electrons. The van der Waals surface area contributed by atoms with Gasteiger partial charge in [0.25, 0.3) is 5.56 Å². The van der Waals surface area contributed by atoms with E-state index in [0.29, 0.717) is 49.1 Å². The molecule has 0 atom stereocenters. The number of rotatable bonds is 13. The summed E-state index contributed by atoms with van der Waals surface area (Å²) in [4.78, 5) is 33.4. The molecule has 0 saturated heterocycles. The minimum absolute atomic E-state index is 0.0154. The van der Waals surface area contributed by atoms with Crippen molar-refractivity contribution < 1.29 is 22.7 Å². The van der Waals surface area contributed by atoms with E-state index in [0.717, 1.165) is 67.3 Å². The molecule has 2 aromatic carbocycles. The molecule has 7 nitrogen and oxygen atoms in total. The summed E-state index contributed by atoms with van der Waals surface area (Å²) in [6.45, 7) is 2.57. The van der Waals surface area contributed by atoms with E-state index in [4.69, 9.17) is 9.72 Å². The van der Waals surface area contributed by atoms with Crippen molar-refractivity contribution >= 4 is 17.7 Å². The first kappa shape index (κ1) is 31.1. The van der Waals surface area contributed by atoms with E-state index in [-0.39, 0.29) is 18.0 Å². The van der Waals surface area contributed by atoms with Crippen LogP contribution in [-0.4, -0.2) is 51.8 Å². The van der Waals surface area contributed by atoms with Gasteiger partial charge in [-0.15, -0.1) is 0 Å². The number of carbonyl (C=O) groups excluding carboxylic acids is 1. The Labute approximate surface area is 253 Å². The Kier molecular flexibility index (Phi) is 10.5. The summed E-state index contributed by atoms with van der Waals surface area (Å²) in [5.41, 5.74) is 1.43. The molecule has 5 rings (SSSR count). The number of thioether (sulfide) groups is 1. The SMILES string of the molecule is O=C(CCNCCCCCOc1ccc(C(F)(F)F)cc1)N1CCc2nc(SC3CCC3)n(-c3ccccc3)c(=O)c2C1. The summed E-state index contributed by atoms with van der Waals surface area (Å²) in [5.74, 6) is 0.439. The van der Waals surface area contributed by atoms with Crippen molar-refractivity contribution in [2.24, 2.45) is 0 Å². The van der Waals surface area contributed by atoms with Crippen molar-refractivity contribution in [3.63, 3.8) is 0 Å². The van der Waals surface area contributed by atoms with Gasteiger partial charge in [-0.25, -0.2) is 4.98 Å². The van der Waals surface area contributed by atoms with E-state index in [1.807, 2.05) is 30.3 Å². The zero-order valence-electron chi connectivity index (χ0n) is 24.1. The van der Waals surface area contributed by atoms with Gasteiger partial charge in [0.15, 0.2) is 5.16 Å². The Bertz CT molecular complexity index is 1430. The van der Waals surface area contributed by atoms with Crippen LogP contribution in [0.3, 0.4) is 0 Å². The van der Waals surface area contributed by atoms with E-state index < -0.39 is 11.7 Å². The number of hydrogen-bond donors (Lipinski definition) is 1. The molecule has 0 bridgehead atoms. The highest BCUT2D eigenvalue weighted by Crippen LogP contribution is 2.36. The number of benzene rings is 2. The Morgan fingerprint density at radius 2 is 1.79 bits per heavy atom. The smallest absolute Gasteiger partial charge is 0.416 e. The first-order valence-electron chi connectivity index (χ1n) is 14.9. The molecule has 0 unspecified atom stereocenters. The van der Waals surface area contributed by atoms with Crippen LogP contribution >= 0.6 is 11.8 Å². The maximum Gasteiger partial charge on any atom is 0.416 e. The Morgan fingerprint density at radius 3 is 2.49 bits per heavy atom. The molecule has 1 N–H and O–H groups in total. The summed E-state index contributed by atoms with van der Waals surface area (Å²) >= 11 is 1.69. The number of ether oxygens (including phenoxy) is 1. The summed E-state index contributed by atoms with van der Waals surface area (Å²) in [6.07, 6.45) is 2.65. The normalized spacial score (nSPS) is 15.2. The molecule has 1 amide bonds. The van der Waals surface area contributed by atoms with Crippen LogP contribution in [0.2, 0.25) is 0 Å². The molecule has 43 heavy (non-hydrogen) atoms. The third-order valence-corrected chi connectivity index (χ3v) is 9.14. The lowest BCUT2D eigenvalue weighted by Gasteiger charge is -2.30. The van der Waals surface area contributed by atoms with Crippen molar-refractivity contribution in [2.45, 2.75) is 74.5 Å². The lowest BCUT2D eigenvalue weighted by Crippen LogP contribution is -2.42. The van der Waals surface area contributed by atoms with Gasteiger partial charge in [-0.3, -0.25) is 14.2 Å². The maximum absolute atomic E-state index is 13.7. The number of amides is 1. The topological polar surface area (TPSA) is 76.5 Å². The number of nitrogens with one attached hydrogen (secondary N) is 1. The number of alkyl halides is 3. The second-order valence-corrected chi connectivity index (χ2v) is 12.2. The van der Waals surface area contributed by atoms with Crippen molar-refractivity contribution in [2.75, 3.05) is 26.2 Å². The molecule has 1 saturated carbocycles. The largest absolute Gasteiger partial charge is 0.494 e. The number of nitrogens with zero attached hydrogens (tertiary/aromatic N) is 3. The average molecular weight is 615 g/mol. The molecule has 1 aliphatic heterocycles. The molecule has 2 heterocycles. The first-order chi connectivity index (χ1) is 20.8. The summed E-state index contributed by atoms with van der Waals surface area (Å²) < 4.78 is 45.2. The van der Waals surface area contributed by atoms with Gasteiger partial charge in [0, 0.05) is 31.2 Å². The number of unbranched alkanes of at least 4 members (excludes halogenated alkanes) is 2. The number of para-hydroxylation sites is 1. The van der Waals surface area contributed by atoms with Gasteiger partial charge in [-0.05, 0) is 75.0 Å². The monoisotopic (exact) mass is 614 g/mol. The van der Waals surface area contributed by atoms with E-state index in [2.05, 4.69) is 5.32 Å². The number of hydrogen-bond acceptors (Lipinski definition) is 6. The van der Waals surface area contributed by atoms with Crippen LogP contribution in [0.1, 0.15) is 61.8 Å². The quantitative estimate of drug-likeness (QED) is 0.188. The second kappa shape index (κ2) is 14.4. The van der Waals surface area contributed by atoms with E-state index in [1.165, 1.54) is 18.6 Å². The highest BCUT2D eigenvalue weighted by Gasteiger charge is 2.30. The van der Waals surface area contributed by atoms with Gasteiger partial charge in [0.2, 0.25) is 5.91 Å². The van der Waals surface area contributed by atoms with Crippen molar-refractivity contribution in [1.29, 1.82) is 0 Å². The molecular formula is C32H37F3N4O3S. The molecule has 3 aromatic rings. The Morgan fingerprint density at radius 1 is 1.02 bits per heavy atom. The fourth-order valence-corrected chi connectivity index (χ4v) is 6.45. The van der Waals surface area contributed by atoms with E-state index >= 15 is 0 Å². The third-order valence-electron chi connectivity index (χ3n) is 7.85. The second-order valence-electron chi connectivity index (χ2n) is 11.0. The number of fused-ring (bicyclic) bond motifs is 1. The molecule has 1 fully saturated rings. The molecule has 1 aliphatic carbocycles. The maximum atomic E-state index is 13.7. The number of aromatic nitrogens is 2. The van der Waals surface area contributed by atoms with Crippen LogP contribution in [0.25, 0.3) is 5.69 Å². The van der Waals surface area contributed by atoms with Crippen LogP contribution in [0.15, 0.2) is 64.5 Å². The van der Waals surface area contributed by atoms with Crippen LogP contribution < -0.4 is 15.6 Å². The summed E-state index contributed by atoms with van der Waals surface area (Å²) in [5, 5.41) is 4.55. The Hall–Kier alpha value is -3.31. The highest BCUT2D eigenvalue weighted by molar-refractivity contribution is 7.99. The molecule has 1 aromatic heterocycles. The van der Waals surface area contributed by atoms with Crippen LogP contribution in [0, 0.1) is 0 Å². The van der Waals surface area contributed by atoms with Crippen molar-refractivity contribution in [1.82, 2.24) is 19.8 Å². The number of halogens is 3. The molecular weight excluding hydrogens is 577 g/mol. The standard InChI is InChI=1S/C32H37F3N4O3S/c33-32(34,35)23-12-14-25(15-13-23)42-21-6-2-5-18-36-19-16-29(40)38-20-17-28-27(22-38)30(41)39(24-8-3-1-4-9-24)31(37-28)43-26-10-7-11-26/h1,3-4,8-9,12-15,26,36H,2,5-7,10-11,16-22H2. The average Bonchev–Trinajstić information content (AvgIpc) is 2.98. The predicted octanol–water partition coefficient (Wildman–Crippen LogP) is 6.01. The third kappa shape index (κ3) is 8.20. The molecule has 2 aliphatic rings.